The first kappa shape index (κ1) is 12.8. The number of aromatic hydroxyl groups is 1. The van der Waals surface area contributed by atoms with Gasteiger partial charge in [-0.1, -0.05) is 0 Å². The Morgan fingerprint density at radius 1 is 1.25 bits per heavy atom. The zero-order chi connectivity index (χ0) is 12.3. The summed E-state index contributed by atoms with van der Waals surface area (Å²) in [7, 11) is 0. The molecule has 3 N–H and O–H groups in total. The summed E-state index contributed by atoms with van der Waals surface area (Å²) in [5.74, 6) is 5.64. The average Bonchev–Trinajstić information content (AvgIpc) is 2.26. The molecule has 0 heterocycles. The number of anilines is 1. The molecule has 0 saturated heterocycles. The molecule has 1 aromatic rings. The number of hydrogen-bond acceptors (Lipinski definition) is 5. The topological polar surface area (TPSA) is 97.1 Å². The van der Waals surface area contributed by atoms with E-state index in [4.69, 9.17) is 16.4 Å². The molecule has 82 valence electrons. The van der Waals surface area contributed by atoms with Gasteiger partial charge in [0.25, 0.3) is 0 Å². The van der Waals surface area contributed by atoms with E-state index < -0.39 is 6.04 Å². The average molecular weight is 346 g/mol. The van der Waals surface area contributed by atoms with Crippen LogP contribution < -0.4 is 10.9 Å². The Morgan fingerprint density at radius 3 is 2.06 bits per heavy atom. The molecule has 0 fully saturated rings. The van der Waals surface area contributed by atoms with Crippen molar-refractivity contribution < 1.29 is 5.11 Å². The van der Waals surface area contributed by atoms with Crippen LogP contribution >= 0.6 is 31.9 Å². The number of phenols is 1. The maximum Gasteiger partial charge on any atom is 0.217 e. The van der Waals surface area contributed by atoms with E-state index in [0.717, 1.165) is 5.01 Å². The van der Waals surface area contributed by atoms with Crippen LogP contribution in [0, 0.1) is 22.7 Å². The molecule has 5 nitrogen and oxygen atoms in total. The number of rotatable bonds is 2. The van der Waals surface area contributed by atoms with Crippen LogP contribution in [0.15, 0.2) is 21.1 Å². The molecule has 0 aliphatic heterocycles. The van der Waals surface area contributed by atoms with Gasteiger partial charge in [-0.25, -0.2) is 5.84 Å². The predicted molar refractivity (Wildman–Crippen MR) is 65.2 cm³/mol. The lowest BCUT2D eigenvalue weighted by Crippen LogP contribution is -2.39. The summed E-state index contributed by atoms with van der Waals surface area (Å²) in [4.78, 5) is 0. The molecule has 0 aromatic heterocycles. The fraction of sp³-hybridized carbons (Fsp3) is 0.111. The van der Waals surface area contributed by atoms with Gasteiger partial charge < -0.3 is 5.11 Å². The zero-order valence-corrected chi connectivity index (χ0v) is 11.0. The van der Waals surface area contributed by atoms with Crippen molar-refractivity contribution in [1.29, 1.82) is 10.5 Å². The molecule has 7 heteroatoms. The number of nitrogens with zero attached hydrogens (tertiary/aromatic N) is 3. The highest BCUT2D eigenvalue weighted by atomic mass is 79.9. The standard InChI is InChI=1S/C9H6Br2N4O/c10-7-1-5(2-8(11)9(7)16)15(14)6(3-12)4-13/h1-2,6,16H,14H2. The van der Waals surface area contributed by atoms with Gasteiger partial charge in [-0.3, -0.25) is 5.01 Å². The number of hydrogen-bond donors (Lipinski definition) is 2. The highest BCUT2D eigenvalue weighted by Crippen LogP contribution is 2.36. The van der Waals surface area contributed by atoms with Gasteiger partial charge in [0, 0.05) is 0 Å². The zero-order valence-electron chi connectivity index (χ0n) is 7.85. The smallest absolute Gasteiger partial charge is 0.217 e. The molecule has 0 unspecified atom stereocenters. The van der Waals surface area contributed by atoms with Crippen LogP contribution in [0.4, 0.5) is 5.69 Å². The van der Waals surface area contributed by atoms with Crippen LogP contribution in [-0.2, 0) is 0 Å². The van der Waals surface area contributed by atoms with E-state index in [-0.39, 0.29) is 5.75 Å². The Labute approximate surface area is 109 Å². The molecule has 0 radical (unpaired) electrons. The van der Waals surface area contributed by atoms with Gasteiger partial charge in [0.05, 0.1) is 14.6 Å². The van der Waals surface area contributed by atoms with Crippen LogP contribution in [0.3, 0.4) is 0 Å². The van der Waals surface area contributed by atoms with E-state index in [1.807, 2.05) is 0 Å². The number of hydrazine groups is 1. The predicted octanol–water partition coefficient (Wildman–Crippen LogP) is 2.01. The summed E-state index contributed by atoms with van der Waals surface area (Å²) < 4.78 is 0.837. The Balaban J connectivity index is 3.17. The van der Waals surface area contributed by atoms with Gasteiger partial charge in [0.15, 0.2) is 0 Å². The van der Waals surface area contributed by atoms with Crippen LogP contribution in [-0.4, -0.2) is 11.1 Å². The molecule has 0 amide bonds. The molecule has 1 aromatic carbocycles. The summed E-state index contributed by atoms with van der Waals surface area (Å²) in [5.41, 5.74) is 0.435. The molecular weight excluding hydrogens is 340 g/mol. The quantitative estimate of drug-likeness (QED) is 0.631. The third-order valence-corrected chi connectivity index (χ3v) is 3.03. The van der Waals surface area contributed by atoms with Crippen molar-refractivity contribution in [3.8, 4) is 17.9 Å². The van der Waals surface area contributed by atoms with Crippen LogP contribution in [0.5, 0.6) is 5.75 Å². The van der Waals surface area contributed by atoms with Crippen molar-refractivity contribution in [2.75, 3.05) is 5.01 Å². The van der Waals surface area contributed by atoms with Crippen LogP contribution in [0.25, 0.3) is 0 Å². The van der Waals surface area contributed by atoms with Crippen molar-refractivity contribution in [1.82, 2.24) is 0 Å². The van der Waals surface area contributed by atoms with E-state index in [1.165, 1.54) is 12.1 Å². The Morgan fingerprint density at radius 2 is 1.69 bits per heavy atom. The maximum absolute atomic E-state index is 9.48. The van der Waals surface area contributed by atoms with E-state index in [1.54, 1.807) is 12.1 Å². The molecule has 1 rings (SSSR count). The molecular formula is C9H6Br2N4O. The SMILES string of the molecule is N#CC(C#N)N(N)c1cc(Br)c(O)c(Br)c1. The lowest BCUT2D eigenvalue weighted by atomic mass is 10.2. The van der Waals surface area contributed by atoms with Gasteiger partial charge in [0.1, 0.15) is 17.9 Å². The lowest BCUT2D eigenvalue weighted by Gasteiger charge is -2.19. The minimum absolute atomic E-state index is 0.0302. The van der Waals surface area contributed by atoms with Crippen molar-refractivity contribution in [2.45, 2.75) is 6.04 Å². The van der Waals surface area contributed by atoms with E-state index in [9.17, 15) is 5.11 Å². The normalized spacial score (nSPS) is 9.62. The summed E-state index contributed by atoms with van der Waals surface area (Å²) >= 11 is 6.26. The maximum atomic E-state index is 9.48. The number of nitrogens with two attached hydrogens (primary N) is 1. The fourth-order valence-electron chi connectivity index (χ4n) is 1.00. The Bertz CT molecular complexity index is 454. The number of benzene rings is 1. The summed E-state index contributed by atoms with van der Waals surface area (Å²) in [6.07, 6.45) is 0. The van der Waals surface area contributed by atoms with Gasteiger partial charge >= 0.3 is 0 Å². The van der Waals surface area contributed by atoms with Crippen LogP contribution in [0.2, 0.25) is 0 Å². The second-order valence-electron chi connectivity index (χ2n) is 2.83. The van der Waals surface area contributed by atoms with Gasteiger partial charge in [0.2, 0.25) is 6.04 Å². The molecule has 0 aliphatic rings. The molecule has 0 spiro atoms. The van der Waals surface area contributed by atoms with Crippen molar-refractivity contribution in [2.24, 2.45) is 5.84 Å². The first-order chi connectivity index (χ1) is 7.51. The molecule has 0 atom stereocenters. The van der Waals surface area contributed by atoms with E-state index in [0.29, 0.717) is 14.6 Å². The van der Waals surface area contributed by atoms with Crippen LogP contribution in [0.1, 0.15) is 0 Å². The largest absolute Gasteiger partial charge is 0.506 e. The Hall–Kier alpha value is -1.28. The fourth-order valence-corrected chi connectivity index (χ4v) is 2.17. The molecule has 16 heavy (non-hydrogen) atoms. The monoisotopic (exact) mass is 344 g/mol. The number of phenolic OH excluding ortho intramolecular Hbond substituents is 1. The number of nitriles is 2. The highest BCUT2D eigenvalue weighted by Gasteiger charge is 2.16. The van der Waals surface area contributed by atoms with E-state index in [2.05, 4.69) is 31.9 Å². The first-order valence-corrected chi connectivity index (χ1v) is 5.61. The molecule has 0 saturated carbocycles. The molecule has 0 aliphatic carbocycles. The minimum atomic E-state index is -1.08. The van der Waals surface area contributed by atoms with E-state index >= 15 is 0 Å². The third-order valence-electron chi connectivity index (χ3n) is 1.82. The van der Waals surface area contributed by atoms with Gasteiger partial charge in [-0.15, -0.1) is 0 Å². The van der Waals surface area contributed by atoms with Crippen molar-refractivity contribution in [3.63, 3.8) is 0 Å². The third kappa shape index (κ3) is 2.45. The van der Waals surface area contributed by atoms with Crippen molar-refractivity contribution >= 4 is 37.5 Å². The lowest BCUT2D eigenvalue weighted by molar-refractivity contribution is 0.468. The first-order valence-electron chi connectivity index (χ1n) is 4.02. The summed E-state index contributed by atoms with van der Waals surface area (Å²) in [6, 6.07) is 5.45. The highest BCUT2D eigenvalue weighted by molar-refractivity contribution is 9.11. The number of halogens is 2. The summed E-state index contributed by atoms with van der Waals surface area (Å²) in [5, 5.41) is 27.9. The second-order valence-corrected chi connectivity index (χ2v) is 4.53. The second kappa shape index (κ2) is 5.17. The summed E-state index contributed by atoms with van der Waals surface area (Å²) in [6.45, 7) is 0. The van der Waals surface area contributed by atoms with Gasteiger partial charge in [-0.2, -0.15) is 10.5 Å². The van der Waals surface area contributed by atoms with Gasteiger partial charge in [-0.05, 0) is 44.0 Å². The Kier molecular flexibility index (Phi) is 4.13. The molecule has 0 bridgehead atoms. The van der Waals surface area contributed by atoms with Crippen molar-refractivity contribution in [3.05, 3.63) is 21.1 Å². The minimum Gasteiger partial charge on any atom is -0.506 e.